The van der Waals surface area contributed by atoms with Crippen LogP contribution in [0.2, 0.25) is 0 Å². The molecule has 1 aromatic carbocycles. The minimum Gasteiger partial charge on any atom is -0.396 e. The summed E-state index contributed by atoms with van der Waals surface area (Å²) >= 11 is 0. The van der Waals surface area contributed by atoms with Crippen molar-refractivity contribution in [1.82, 2.24) is 4.98 Å². The summed E-state index contributed by atoms with van der Waals surface area (Å²) in [5.41, 5.74) is 12.3. The van der Waals surface area contributed by atoms with E-state index in [1.807, 2.05) is 6.07 Å². The summed E-state index contributed by atoms with van der Waals surface area (Å²) in [4.78, 5) is 15.9. The molecule has 4 N–H and O–H groups in total. The van der Waals surface area contributed by atoms with Crippen LogP contribution in [0.15, 0.2) is 42.5 Å². The van der Waals surface area contributed by atoms with Gasteiger partial charge in [-0.2, -0.15) is 0 Å². The van der Waals surface area contributed by atoms with Crippen LogP contribution in [0.3, 0.4) is 0 Å². The highest BCUT2D eigenvalue weighted by Gasteiger charge is 2.10. The lowest BCUT2D eigenvalue weighted by atomic mass is 10.1. The van der Waals surface area contributed by atoms with Crippen molar-refractivity contribution >= 4 is 17.3 Å². The first-order valence-electron chi connectivity index (χ1n) is 4.80. The molecule has 80 valence electrons. The molecule has 0 aliphatic heterocycles. The van der Waals surface area contributed by atoms with E-state index < -0.39 is 0 Å². The topological polar surface area (TPSA) is 82.0 Å². The molecule has 0 aliphatic rings. The summed E-state index contributed by atoms with van der Waals surface area (Å²) in [6.07, 6.45) is 0. The third-order valence-corrected chi connectivity index (χ3v) is 2.23. The van der Waals surface area contributed by atoms with Gasteiger partial charge in [-0.3, -0.25) is 4.79 Å². The average Bonchev–Trinajstić information content (AvgIpc) is 2.33. The fraction of sp³-hybridized carbons (Fsp3) is 0. The molecule has 0 bridgehead atoms. The Morgan fingerprint density at radius 3 is 2.31 bits per heavy atom. The Hall–Kier alpha value is -2.36. The van der Waals surface area contributed by atoms with Crippen molar-refractivity contribution in [3.05, 3.63) is 53.7 Å². The van der Waals surface area contributed by atoms with E-state index in [0.717, 1.165) is 0 Å². The highest BCUT2D eigenvalue weighted by Crippen LogP contribution is 2.14. The third-order valence-electron chi connectivity index (χ3n) is 2.23. The molecule has 0 fully saturated rings. The SMILES string of the molecule is Nc1ccc(C(=O)c2ccccc2)nc1N. The Balaban J connectivity index is 2.39. The van der Waals surface area contributed by atoms with E-state index in [1.165, 1.54) is 0 Å². The van der Waals surface area contributed by atoms with Crippen molar-refractivity contribution in [1.29, 1.82) is 0 Å². The van der Waals surface area contributed by atoms with Gasteiger partial charge in [0.15, 0.2) is 0 Å². The zero-order valence-corrected chi connectivity index (χ0v) is 8.55. The lowest BCUT2D eigenvalue weighted by molar-refractivity contribution is 0.103. The third kappa shape index (κ3) is 1.86. The first-order valence-corrected chi connectivity index (χ1v) is 4.80. The molecule has 0 amide bonds. The zero-order chi connectivity index (χ0) is 11.5. The van der Waals surface area contributed by atoms with Gasteiger partial charge in [0.25, 0.3) is 0 Å². The summed E-state index contributed by atoms with van der Waals surface area (Å²) in [6, 6.07) is 12.1. The van der Waals surface area contributed by atoms with Crippen LogP contribution < -0.4 is 11.5 Å². The summed E-state index contributed by atoms with van der Waals surface area (Å²) in [5, 5.41) is 0. The van der Waals surface area contributed by atoms with Crippen molar-refractivity contribution in [2.75, 3.05) is 11.5 Å². The van der Waals surface area contributed by atoms with Gasteiger partial charge in [0.2, 0.25) is 5.78 Å². The van der Waals surface area contributed by atoms with Crippen LogP contribution in [0, 0.1) is 0 Å². The van der Waals surface area contributed by atoms with E-state index in [1.54, 1.807) is 36.4 Å². The Labute approximate surface area is 92.9 Å². The fourth-order valence-corrected chi connectivity index (χ4v) is 1.35. The van der Waals surface area contributed by atoms with Crippen LogP contribution in [0.1, 0.15) is 16.1 Å². The Bertz CT molecular complexity index is 523. The number of hydrogen-bond donors (Lipinski definition) is 2. The van der Waals surface area contributed by atoms with Crippen LogP contribution in [0.25, 0.3) is 0 Å². The molecule has 0 unspecified atom stereocenters. The van der Waals surface area contributed by atoms with Crippen LogP contribution in [-0.2, 0) is 0 Å². The number of rotatable bonds is 2. The monoisotopic (exact) mass is 213 g/mol. The van der Waals surface area contributed by atoms with Gasteiger partial charge in [-0.25, -0.2) is 4.98 Å². The molecule has 2 rings (SSSR count). The van der Waals surface area contributed by atoms with E-state index in [2.05, 4.69) is 4.98 Å². The number of nitrogens with zero attached hydrogens (tertiary/aromatic N) is 1. The van der Waals surface area contributed by atoms with Gasteiger partial charge in [-0.05, 0) is 12.1 Å². The Kier molecular flexibility index (Phi) is 2.55. The molecule has 4 nitrogen and oxygen atoms in total. The van der Waals surface area contributed by atoms with Crippen molar-refractivity contribution in [3.63, 3.8) is 0 Å². The molecule has 1 aromatic heterocycles. The van der Waals surface area contributed by atoms with Crippen molar-refractivity contribution in [3.8, 4) is 0 Å². The van der Waals surface area contributed by atoms with Crippen molar-refractivity contribution in [2.24, 2.45) is 0 Å². The lowest BCUT2D eigenvalue weighted by Gasteiger charge is -2.03. The molecule has 16 heavy (non-hydrogen) atoms. The number of hydrogen-bond acceptors (Lipinski definition) is 4. The quantitative estimate of drug-likeness (QED) is 0.740. The van der Waals surface area contributed by atoms with Gasteiger partial charge in [0.1, 0.15) is 11.5 Å². The number of benzene rings is 1. The second kappa shape index (κ2) is 4.02. The number of nitrogen functional groups attached to an aromatic ring is 2. The van der Waals surface area contributed by atoms with Crippen LogP contribution in [0.5, 0.6) is 0 Å². The molecular formula is C12H11N3O. The molecule has 0 saturated heterocycles. The lowest BCUT2D eigenvalue weighted by Crippen LogP contribution is -2.07. The van der Waals surface area contributed by atoms with Gasteiger partial charge in [-0.1, -0.05) is 30.3 Å². The van der Waals surface area contributed by atoms with Gasteiger partial charge < -0.3 is 11.5 Å². The molecule has 0 atom stereocenters. The molecule has 2 aromatic rings. The highest BCUT2D eigenvalue weighted by molar-refractivity contribution is 6.08. The number of carbonyl (C=O) groups is 1. The Morgan fingerprint density at radius 1 is 1.00 bits per heavy atom. The highest BCUT2D eigenvalue weighted by atomic mass is 16.1. The minimum atomic E-state index is -0.160. The number of pyridine rings is 1. The summed E-state index contributed by atoms with van der Waals surface area (Å²) in [7, 11) is 0. The average molecular weight is 213 g/mol. The molecule has 0 spiro atoms. The smallest absolute Gasteiger partial charge is 0.211 e. The normalized spacial score (nSPS) is 10.0. The predicted octanol–water partition coefficient (Wildman–Crippen LogP) is 1.48. The van der Waals surface area contributed by atoms with E-state index in [-0.39, 0.29) is 11.6 Å². The largest absolute Gasteiger partial charge is 0.396 e. The number of ketones is 1. The molecule has 1 heterocycles. The van der Waals surface area contributed by atoms with Crippen LogP contribution in [-0.4, -0.2) is 10.8 Å². The molecule has 0 radical (unpaired) electrons. The molecule has 0 saturated carbocycles. The maximum absolute atomic E-state index is 12.0. The summed E-state index contributed by atoms with van der Waals surface area (Å²) in [6.45, 7) is 0. The second-order valence-corrected chi connectivity index (χ2v) is 3.37. The molecular weight excluding hydrogens is 202 g/mol. The maximum Gasteiger partial charge on any atom is 0.211 e. The van der Waals surface area contributed by atoms with Crippen LogP contribution in [0.4, 0.5) is 11.5 Å². The van der Waals surface area contributed by atoms with Gasteiger partial charge >= 0.3 is 0 Å². The predicted molar refractivity (Wildman–Crippen MR) is 62.9 cm³/mol. The maximum atomic E-state index is 12.0. The number of nitrogens with two attached hydrogens (primary N) is 2. The summed E-state index contributed by atoms with van der Waals surface area (Å²) < 4.78 is 0. The van der Waals surface area contributed by atoms with Gasteiger partial charge in [0.05, 0.1) is 5.69 Å². The van der Waals surface area contributed by atoms with Gasteiger partial charge in [-0.15, -0.1) is 0 Å². The van der Waals surface area contributed by atoms with E-state index in [9.17, 15) is 4.79 Å². The standard InChI is InChI=1S/C12H11N3O/c13-9-6-7-10(15-12(9)14)11(16)8-4-2-1-3-5-8/h1-7H,13H2,(H2,14,15). The zero-order valence-electron chi connectivity index (χ0n) is 8.55. The first kappa shape index (κ1) is 10.2. The number of aromatic nitrogens is 1. The number of carbonyl (C=O) groups excluding carboxylic acids is 1. The van der Waals surface area contributed by atoms with Crippen molar-refractivity contribution < 1.29 is 4.79 Å². The molecule has 4 heteroatoms. The van der Waals surface area contributed by atoms with Crippen molar-refractivity contribution in [2.45, 2.75) is 0 Å². The van der Waals surface area contributed by atoms with E-state index in [0.29, 0.717) is 16.9 Å². The van der Waals surface area contributed by atoms with E-state index in [4.69, 9.17) is 11.5 Å². The second-order valence-electron chi connectivity index (χ2n) is 3.37. The first-order chi connectivity index (χ1) is 7.68. The molecule has 0 aliphatic carbocycles. The number of anilines is 2. The van der Waals surface area contributed by atoms with Gasteiger partial charge in [0, 0.05) is 5.56 Å². The fourth-order valence-electron chi connectivity index (χ4n) is 1.35. The van der Waals surface area contributed by atoms with Crippen LogP contribution >= 0.6 is 0 Å². The Morgan fingerprint density at radius 2 is 1.69 bits per heavy atom. The summed E-state index contributed by atoms with van der Waals surface area (Å²) in [5.74, 6) is 0.0223. The van der Waals surface area contributed by atoms with E-state index >= 15 is 0 Å². The minimum absolute atomic E-state index is 0.160.